The van der Waals surface area contributed by atoms with Crippen LogP contribution in [0.1, 0.15) is 38.2 Å². The van der Waals surface area contributed by atoms with Gasteiger partial charge in [0.05, 0.1) is 5.69 Å². The lowest BCUT2D eigenvalue weighted by molar-refractivity contribution is 0.400. The van der Waals surface area contributed by atoms with Gasteiger partial charge in [0.15, 0.2) is 17.4 Å². The first-order valence-electron chi connectivity index (χ1n) is 8.89. The van der Waals surface area contributed by atoms with Gasteiger partial charge in [-0.05, 0) is 31.0 Å². The Morgan fingerprint density at radius 3 is 2.37 bits per heavy atom. The Morgan fingerprint density at radius 1 is 0.889 bits per heavy atom. The standard InChI is InChI=1S/C21H19F4NO/c1-2-3-4-5-6-12-7-10-17(26-21(12)25)14-9-8-13-15(18(14)23)11-16(22)20(27)19(13)24/h7-11,27H,2-6H2,1H3. The van der Waals surface area contributed by atoms with Crippen molar-refractivity contribution in [1.82, 2.24) is 4.98 Å². The molecular weight excluding hydrogens is 358 g/mol. The van der Waals surface area contributed by atoms with Crippen molar-refractivity contribution < 1.29 is 22.7 Å². The molecule has 27 heavy (non-hydrogen) atoms. The second-order valence-electron chi connectivity index (χ2n) is 6.50. The lowest BCUT2D eigenvalue weighted by Gasteiger charge is -2.10. The van der Waals surface area contributed by atoms with Crippen LogP contribution in [0.4, 0.5) is 17.6 Å². The predicted molar refractivity (Wildman–Crippen MR) is 96.5 cm³/mol. The van der Waals surface area contributed by atoms with E-state index in [1.807, 2.05) is 0 Å². The first kappa shape index (κ1) is 19.1. The highest BCUT2D eigenvalue weighted by molar-refractivity contribution is 5.89. The van der Waals surface area contributed by atoms with Gasteiger partial charge in [-0.2, -0.15) is 4.39 Å². The van der Waals surface area contributed by atoms with Crippen LogP contribution in [-0.2, 0) is 6.42 Å². The summed E-state index contributed by atoms with van der Waals surface area (Å²) in [6.07, 6.45) is 4.56. The maximum Gasteiger partial charge on any atom is 0.216 e. The number of aromatic hydroxyl groups is 1. The average Bonchev–Trinajstić information content (AvgIpc) is 2.65. The number of halogens is 4. The minimum Gasteiger partial charge on any atom is -0.503 e. The van der Waals surface area contributed by atoms with E-state index in [2.05, 4.69) is 11.9 Å². The third kappa shape index (κ3) is 3.75. The molecule has 6 heteroatoms. The maximum absolute atomic E-state index is 14.8. The van der Waals surface area contributed by atoms with Crippen LogP contribution in [0.25, 0.3) is 22.0 Å². The van der Waals surface area contributed by atoms with Gasteiger partial charge in [-0.15, -0.1) is 0 Å². The van der Waals surface area contributed by atoms with Crippen LogP contribution in [0.15, 0.2) is 30.3 Å². The number of fused-ring (bicyclic) bond motifs is 1. The molecule has 1 N–H and O–H groups in total. The molecule has 0 aliphatic heterocycles. The SMILES string of the molecule is CCCCCCc1ccc(-c2ccc3c(F)c(O)c(F)cc3c2F)nc1F. The molecule has 1 aromatic heterocycles. The fourth-order valence-corrected chi connectivity index (χ4v) is 3.09. The zero-order valence-corrected chi connectivity index (χ0v) is 14.8. The molecule has 0 atom stereocenters. The average molecular weight is 377 g/mol. The van der Waals surface area contributed by atoms with E-state index >= 15 is 0 Å². The topological polar surface area (TPSA) is 33.1 Å². The molecule has 2 nitrogen and oxygen atoms in total. The summed E-state index contributed by atoms with van der Waals surface area (Å²) in [5, 5.41) is 8.72. The smallest absolute Gasteiger partial charge is 0.216 e. The van der Waals surface area contributed by atoms with Gasteiger partial charge in [-0.3, -0.25) is 0 Å². The van der Waals surface area contributed by atoms with Gasteiger partial charge in [0.25, 0.3) is 0 Å². The summed E-state index contributed by atoms with van der Waals surface area (Å²) in [5.74, 6) is -5.26. The summed E-state index contributed by atoms with van der Waals surface area (Å²) >= 11 is 0. The highest BCUT2D eigenvalue weighted by Gasteiger charge is 2.19. The molecule has 3 rings (SSSR count). The Labute approximate surface area is 154 Å². The normalized spacial score (nSPS) is 11.3. The van der Waals surface area contributed by atoms with Crippen LogP contribution in [0.2, 0.25) is 0 Å². The summed E-state index contributed by atoms with van der Waals surface area (Å²) in [7, 11) is 0. The van der Waals surface area contributed by atoms with E-state index in [0.29, 0.717) is 18.1 Å². The number of phenols is 1. The molecule has 3 aromatic rings. The molecule has 2 aromatic carbocycles. The second kappa shape index (κ2) is 7.94. The number of aryl methyl sites for hydroxylation is 1. The summed E-state index contributed by atoms with van der Waals surface area (Å²) in [4.78, 5) is 3.83. The molecule has 1 heterocycles. The fourth-order valence-electron chi connectivity index (χ4n) is 3.09. The lowest BCUT2D eigenvalue weighted by Crippen LogP contribution is -1.98. The fraction of sp³-hybridized carbons (Fsp3) is 0.286. The summed E-state index contributed by atoms with van der Waals surface area (Å²) in [5.41, 5.74) is 0.430. The van der Waals surface area contributed by atoms with Crippen LogP contribution in [0.5, 0.6) is 5.75 Å². The zero-order chi connectivity index (χ0) is 19.6. The largest absolute Gasteiger partial charge is 0.503 e. The third-order valence-electron chi connectivity index (χ3n) is 4.62. The first-order valence-corrected chi connectivity index (χ1v) is 8.89. The molecule has 0 unspecified atom stereocenters. The number of unbranched alkanes of at least 4 members (excludes halogenated alkanes) is 3. The van der Waals surface area contributed by atoms with Crippen molar-refractivity contribution in [3.63, 3.8) is 0 Å². The van der Waals surface area contributed by atoms with E-state index in [4.69, 9.17) is 0 Å². The van der Waals surface area contributed by atoms with Gasteiger partial charge in [0.2, 0.25) is 5.95 Å². The monoisotopic (exact) mass is 377 g/mol. The number of aromatic nitrogens is 1. The van der Waals surface area contributed by atoms with E-state index in [9.17, 15) is 22.7 Å². The van der Waals surface area contributed by atoms with Gasteiger partial charge in [0, 0.05) is 21.9 Å². The molecule has 0 saturated carbocycles. The molecule has 0 spiro atoms. The molecule has 0 amide bonds. The Kier molecular flexibility index (Phi) is 5.63. The number of nitrogens with zero attached hydrogens (tertiary/aromatic N) is 1. The van der Waals surface area contributed by atoms with Gasteiger partial charge in [-0.1, -0.05) is 38.3 Å². The van der Waals surface area contributed by atoms with Crippen molar-refractivity contribution in [2.45, 2.75) is 39.0 Å². The Hall–Kier alpha value is -2.63. The third-order valence-corrected chi connectivity index (χ3v) is 4.62. The van der Waals surface area contributed by atoms with Crippen molar-refractivity contribution >= 4 is 10.8 Å². The lowest BCUT2D eigenvalue weighted by atomic mass is 10.0. The van der Waals surface area contributed by atoms with Crippen molar-refractivity contribution in [3.8, 4) is 17.0 Å². The van der Waals surface area contributed by atoms with Crippen molar-refractivity contribution in [2.75, 3.05) is 0 Å². The number of phenolic OH excluding ortho intramolecular Hbond substituents is 1. The predicted octanol–water partition coefficient (Wildman–Crippen LogP) is 6.29. The number of rotatable bonds is 6. The van der Waals surface area contributed by atoms with Crippen LogP contribution < -0.4 is 0 Å². The minimum absolute atomic E-state index is 0.0399. The molecular formula is C21H19F4NO. The number of hydrogen-bond donors (Lipinski definition) is 1. The quantitative estimate of drug-likeness (QED) is 0.311. The summed E-state index contributed by atoms with van der Waals surface area (Å²) in [6.45, 7) is 2.09. The van der Waals surface area contributed by atoms with Crippen LogP contribution in [0.3, 0.4) is 0 Å². The molecule has 0 aliphatic carbocycles. The first-order chi connectivity index (χ1) is 12.9. The summed E-state index contributed by atoms with van der Waals surface area (Å²) in [6, 6.07) is 6.22. The second-order valence-corrected chi connectivity index (χ2v) is 6.50. The summed E-state index contributed by atoms with van der Waals surface area (Å²) < 4.78 is 56.6. The number of hydrogen-bond acceptors (Lipinski definition) is 2. The van der Waals surface area contributed by atoms with Gasteiger partial charge in [-0.25, -0.2) is 18.2 Å². The van der Waals surface area contributed by atoms with Crippen LogP contribution in [0, 0.1) is 23.4 Å². The van der Waals surface area contributed by atoms with E-state index < -0.39 is 29.1 Å². The Bertz CT molecular complexity index is 988. The Morgan fingerprint density at radius 2 is 1.67 bits per heavy atom. The molecule has 142 valence electrons. The van der Waals surface area contributed by atoms with Crippen molar-refractivity contribution in [1.29, 1.82) is 0 Å². The van der Waals surface area contributed by atoms with Crippen molar-refractivity contribution in [2.24, 2.45) is 0 Å². The van der Waals surface area contributed by atoms with Crippen molar-refractivity contribution in [3.05, 3.63) is 59.3 Å². The highest BCUT2D eigenvalue weighted by atomic mass is 19.1. The maximum atomic E-state index is 14.8. The van der Waals surface area contributed by atoms with E-state index in [1.54, 1.807) is 6.07 Å². The van der Waals surface area contributed by atoms with Gasteiger partial charge in [0.1, 0.15) is 5.82 Å². The number of pyridine rings is 1. The molecule has 0 saturated heterocycles. The highest BCUT2D eigenvalue weighted by Crippen LogP contribution is 2.34. The van der Waals surface area contributed by atoms with Crippen LogP contribution in [-0.4, -0.2) is 10.1 Å². The van der Waals surface area contributed by atoms with E-state index in [1.165, 1.54) is 18.2 Å². The minimum atomic E-state index is -1.27. The molecule has 0 fully saturated rings. The van der Waals surface area contributed by atoms with E-state index in [0.717, 1.165) is 25.7 Å². The van der Waals surface area contributed by atoms with Gasteiger partial charge >= 0.3 is 0 Å². The molecule has 0 aliphatic rings. The van der Waals surface area contributed by atoms with Gasteiger partial charge < -0.3 is 5.11 Å². The number of benzene rings is 2. The Balaban J connectivity index is 1.97. The van der Waals surface area contributed by atoms with E-state index in [-0.39, 0.29) is 22.0 Å². The molecule has 0 radical (unpaired) electrons. The molecule has 0 bridgehead atoms. The van der Waals surface area contributed by atoms with Crippen LogP contribution >= 0.6 is 0 Å². The zero-order valence-electron chi connectivity index (χ0n) is 14.8.